The number of hydrogen-bond donors (Lipinski definition) is 2. The molecule has 4 aliphatic carbocycles. The Balaban J connectivity index is 1.67. The highest BCUT2D eigenvalue weighted by molar-refractivity contribution is 5.79. The lowest BCUT2D eigenvalue weighted by Gasteiger charge is -2.52. The summed E-state index contributed by atoms with van der Waals surface area (Å²) in [5.74, 6) is 0.826. The molecule has 0 aromatic rings. The number of rotatable bonds is 0. The number of hydrogen-bond acceptors (Lipinski definition) is 4. The van der Waals surface area contributed by atoms with Gasteiger partial charge in [0.25, 0.3) is 0 Å². The summed E-state index contributed by atoms with van der Waals surface area (Å²) in [6.45, 7) is 8.97. The number of carbonyl (C=O) groups excluding carboxylic acids is 1. The molecule has 5 rings (SSSR count). The lowest BCUT2D eigenvalue weighted by molar-refractivity contribution is -0.149. The minimum Gasteiger partial charge on any atom is -0.465 e. The molecule has 24 heavy (non-hydrogen) atoms. The van der Waals surface area contributed by atoms with Gasteiger partial charge in [0, 0.05) is 11.3 Å². The van der Waals surface area contributed by atoms with Gasteiger partial charge in [-0.15, -0.1) is 0 Å². The summed E-state index contributed by atoms with van der Waals surface area (Å²) >= 11 is 0. The van der Waals surface area contributed by atoms with E-state index in [0.717, 1.165) is 37.7 Å². The molecule has 0 aromatic carbocycles. The van der Waals surface area contributed by atoms with E-state index in [1.165, 1.54) is 0 Å². The second kappa shape index (κ2) is 4.27. The van der Waals surface area contributed by atoms with Crippen LogP contribution >= 0.6 is 0 Å². The number of esters is 1. The molecule has 0 radical (unpaired) electrons. The van der Waals surface area contributed by atoms with Crippen molar-refractivity contribution >= 4 is 5.97 Å². The molecule has 4 saturated carbocycles. The van der Waals surface area contributed by atoms with Gasteiger partial charge in [-0.2, -0.15) is 0 Å². The highest BCUT2D eigenvalue weighted by atomic mass is 16.5. The van der Waals surface area contributed by atoms with E-state index >= 15 is 0 Å². The average molecular weight is 332 g/mol. The number of aliphatic hydroxyl groups excluding tert-OH is 2. The van der Waals surface area contributed by atoms with E-state index in [4.69, 9.17) is 4.74 Å². The van der Waals surface area contributed by atoms with Gasteiger partial charge in [-0.05, 0) is 67.8 Å². The highest BCUT2D eigenvalue weighted by Gasteiger charge is 2.77. The van der Waals surface area contributed by atoms with E-state index in [2.05, 4.69) is 20.4 Å². The summed E-state index contributed by atoms with van der Waals surface area (Å²) in [6.07, 6.45) is 3.48. The molecule has 5 fully saturated rings. The third kappa shape index (κ3) is 1.33. The number of ether oxygens (including phenoxy) is 1. The smallest absolute Gasteiger partial charge is 0.312 e. The molecule has 1 aliphatic heterocycles. The van der Waals surface area contributed by atoms with Gasteiger partial charge in [-0.3, -0.25) is 4.79 Å². The van der Waals surface area contributed by atoms with Crippen molar-refractivity contribution in [2.24, 2.45) is 39.9 Å². The van der Waals surface area contributed by atoms with Gasteiger partial charge in [-0.25, -0.2) is 0 Å². The first-order valence-corrected chi connectivity index (χ1v) is 9.50. The minimum absolute atomic E-state index is 0.0623. The maximum atomic E-state index is 12.4. The quantitative estimate of drug-likeness (QED) is 0.528. The summed E-state index contributed by atoms with van der Waals surface area (Å²) < 4.78 is 5.52. The fourth-order valence-corrected chi connectivity index (χ4v) is 8.06. The summed E-state index contributed by atoms with van der Waals surface area (Å²) in [7, 11) is 0. The van der Waals surface area contributed by atoms with Crippen LogP contribution in [0, 0.1) is 39.9 Å². The fraction of sp³-hybridized carbons (Fsp3) is 0.850. The lowest BCUT2D eigenvalue weighted by Crippen LogP contribution is -2.52. The molecule has 2 N–H and O–H groups in total. The summed E-state index contributed by atoms with van der Waals surface area (Å²) in [6, 6.07) is 0. The van der Waals surface area contributed by atoms with Crippen molar-refractivity contribution in [1.29, 1.82) is 0 Å². The molecular weight excluding hydrogens is 304 g/mol. The van der Waals surface area contributed by atoms with Crippen LogP contribution in [0.25, 0.3) is 0 Å². The van der Waals surface area contributed by atoms with Crippen LogP contribution in [0.2, 0.25) is 0 Å². The zero-order valence-corrected chi connectivity index (χ0v) is 14.6. The summed E-state index contributed by atoms with van der Waals surface area (Å²) in [5, 5.41) is 22.5. The van der Waals surface area contributed by atoms with Crippen LogP contribution in [0.4, 0.5) is 0 Å². The molecule has 1 spiro atoms. The topological polar surface area (TPSA) is 66.8 Å². The van der Waals surface area contributed by atoms with Gasteiger partial charge in [0.2, 0.25) is 0 Å². The van der Waals surface area contributed by atoms with Crippen molar-refractivity contribution in [2.75, 3.05) is 6.61 Å². The molecule has 2 bridgehead atoms. The van der Waals surface area contributed by atoms with Crippen LogP contribution in [0.3, 0.4) is 0 Å². The third-order valence-electron chi connectivity index (χ3n) is 9.26. The highest BCUT2D eigenvalue weighted by Crippen LogP contribution is 2.76. The maximum absolute atomic E-state index is 12.4. The second-order valence-electron chi connectivity index (χ2n) is 9.65. The first-order valence-electron chi connectivity index (χ1n) is 9.50. The van der Waals surface area contributed by atoms with Crippen molar-refractivity contribution < 1.29 is 19.7 Å². The molecular formula is C20H28O4. The van der Waals surface area contributed by atoms with Gasteiger partial charge in [0.1, 0.15) is 0 Å². The SMILES string of the molecule is C=C1[C@@H]2CCC3C4(C)C(CCC5(C)C(=O)OCC54)C(O)[C@]3(C2)[C@H]1O. The molecule has 4 nitrogen and oxygen atoms in total. The Hall–Kier alpha value is -0.870. The van der Waals surface area contributed by atoms with Gasteiger partial charge in [0.05, 0.1) is 24.2 Å². The molecule has 132 valence electrons. The Morgan fingerprint density at radius 3 is 2.67 bits per heavy atom. The van der Waals surface area contributed by atoms with E-state index in [1.807, 2.05) is 0 Å². The zero-order chi connectivity index (χ0) is 17.1. The number of fused-ring (bicyclic) bond motifs is 5. The van der Waals surface area contributed by atoms with E-state index in [1.54, 1.807) is 0 Å². The number of carbonyl (C=O) groups is 1. The normalized spacial score (nSPS) is 61.3. The Morgan fingerprint density at radius 2 is 1.92 bits per heavy atom. The molecule has 5 aliphatic rings. The zero-order valence-electron chi connectivity index (χ0n) is 14.6. The Bertz CT molecular complexity index is 644. The van der Waals surface area contributed by atoms with E-state index in [0.29, 0.717) is 12.5 Å². The monoisotopic (exact) mass is 332 g/mol. The Kier molecular flexibility index (Phi) is 2.74. The van der Waals surface area contributed by atoms with E-state index < -0.39 is 23.0 Å². The average Bonchev–Trinajstić information content (AvgIpc) is 3.04. The van der Waals surface area contributed by atoms with Crippen LogP contribution in [0.15, 0.2) is 12.2 Å². The number of cyclic esters (lactones) is 1. The van der Waals surface area contributed by atoms with Gasteiger partial charge >= 0.3 is 5.97 Å². The largest absolute Gasteiger partial charge is 0.465 e. The summed E-state index contributed by atoms with van der Waals surface area (Å²) in [5.41, 5.74) is -0.0837. The van der Waals surface area contributed by atoms with Crippen molar-refractivity contribution in [3.8, 4) is 0 Å². The maximum Gasteiger partial charge on any atom is 0.312 e. The summed E-state index contributed by atoms with van der Waals surface area (Å²) in [4.78, 5) is 12.4. The fourth-order valence-electron chi connectivity index (χ4n) is 8.06. The van der Waals surface area contributed by atoms with Crippen LogP contribution < -0.4 is 0 Å². The molecule has 1 saturated heterocycles. The Labute approximate surface area is 143 Å². The van der Waals surface area contributed by atoms with Crippen LogP contribution in [0.1, 0.15) is 46.0 Å². The molecule has 0 aromatic heterocycles. The van der Waals surface area contributed by atoms with Crippen molar-refractivity contribution in [3.63, 3.8) is 0 Å². The Morgan fingerprint density at radius 1 is 1.17 bits per heavy atom. The van der Waals surface area contributed by atoms with E-state index in [-0.39, 0.29) is 29.1 Å². The first kappa shape index (κ1) is 15.4. The van der Waals surface area contributed by atoms with Crippen LogP contribution in [-0.4, -0.2) is 35.0 Å². The van der Waals surface area contributed by atoms with Gasteiger partial charge < -0.3 is 14.9 Å². The van der Waals surface area contributed by atoms with E-state index in [9.17, 15) is 15.0 Å². The third-order valence-corrected chi connectivity index (χ3v) is 9.26. The molecule has 9 atom stereocenters. The minimum atomic E-state index is -0.600. The number of aliphatic hydroxyl groups is 2. The van der Waals surface area contributed by atoms with Gasteiger partial charge in [0.15, 0.2) is 0 Å². The first-order chi connectivity index (χ1) is 11.3. The second-order valence-corrected chi connectivity index (χ2v) is 9.65. The molecule has 1 heterocycles. The lowest BCUT2D eigenvalue weighted by atomic mass is 9.49. The van der Waals surface area contributed by atoms with Crippen LogP contribution in [-0.2, 0) is 9.53 Å². The predicted molar refractivity (Wildman–Crippen MR) is 87.8 cm³/mol. The van der Waals surface area contributed by atoms with Crippen LogP contribution in [0.5, 0.6) is 0 Å². The van der Waals surface area contributed by atoms with Crippen molar-refractivity contribution in [3.05, 3.63) is 12.2 Å². The standard InChI is InChI=1S/C20H28O4/c1-10-11-4-5-13-19(3)12(16(22)20(13,8-11)15(10)21)6-7-18(2)14(19)9-24-17(18)23/h11-16,21-22H,1,4-9H2,2-3H3/t11-,12?,13?,14?,15+,16?,18?,19?,20+/m1/s1. The predicted octanol–water partition coefficient (Wildman–Crippen LogP) is 2.29. The van der Waals surface area contributed by atoms with Crippen molar-refractivity contribution in [2.45, 2.75) is 58.2 Å². The van der Waals surface area contributed by atoms with Gasteiger partial charge in [-0.1, -0.05) is 13.5 Å². The molecule has 4 heteroatoms. The molecule has 0 amide bonds. The van der Waals surface area contributed by atoms with Crippen molar-refractivity contribution in [1.82, 2.24) is 0 Å². The molecule has 6 unspecified atom stereocenters.